The molecule has 0 radical (unpaired) electrons. The van der Waals surface area contributed by atoms with Crippen LogP contribution in [0.1, 0.15) is 19.8 Å². The molecule has 1 nitrogen and oxygen atoms in total. The van der Waals surface area contributed by atoms with Gasteiger partial charge >= 0.3 is 0 Å². The first-order valence-electron chi connectivity index (χ1n) is 8.29. The van der Waals surface area contributed by atoms with Crippen LogP contribution in [0.2, 0.25) is 0 Å². The van der Waals surface area contributed by atoms with Crippen LogP contribution in [0.4, 0.5) is 0 Å². The van der Waals surface area contributed by atoms with Crippen LogP contribution < -0.4 is 5.73 Å². The summed E-state index contributed by atoms with van der Waals surface area (Å²) in [5.74, 6) is 0.420. The number of rotatable bonds is 1. The van der Waals surface area contributed by atoms with Gasteiger partial charge in [0.05, 0.1) is 0 Å². The molecule has 0 saturated heterocycles. The van der Waals surface area contributed by atoms with Gasteiger partial charge < -0.3 is 5.73 Å². The van der Waals surface area contributed by atoms with E-state index in [0.717, 1.165) is 18.5 Å². The van der Waals surface area contributed by atoms with Gasteiger partial charge in [0.2, 0.25) is 0 Å². The summed E-state index contributed by atoms with van der Waals surface area (Å²) >= 11 is 0. The highest BCUT2D eigenvalue weighted by Gasteiger charge is 2.31. The van der Waals surface area contributed by atoms with Crippen molar-refractivity contribution in [3.05, 3.63) is 106 Å². The quantitative estimate of drug-likeness (QED) is 0.727. The van der Waals surface area contributed by atoms with Gasteiger partial charge in [0.1, 0.15) is 0 Å². The molecule has 0 aliphatic heterocycles. The second kappa shape index (κ2) is 5.58. The molecule has 114 valence electrons. The highest BCUT2D eigenvalue weighted by Crippen LogP contribution is 2.48. The van der Waals surface area contributed by atoms with Gasteiger partial charge in [-0.05, 0) is 47.6 Å². The summed E-state index contributed by atoms with van der Waals surface area (Å²) in [6.45, 7) is 2.05. The van der Waals surface area contributed by atoms with Gasteiger partial charge in [0.15, 0.2) is 0 Å². The Morgan fingerprint density at radius 1 is 1.09 bits per heavy atom. The number of fused-ring (bicyclic) bond motifs is 5. The summed E-state index contributed by atoms with van der Waals surface area (Å²) in [5.41, 5.74) is 15.3. The first kappa shape index (κ1) is 14.1. The maximum atomic E-state index is 6.42. The van der Waals surface area contributed by atoms with Crippen LogP contribution in [-0.2, 0) is 0 Å². The predicted octanol–water partition coefficient (Wildman–Crippen LogP) is 4.97. The zero-order chi connectivity index (χ0) is 15.8. The molecule has 4 rings (SSSR count). The van der Waals surface area contributed by atoms with Crippen LogP contribution in [0, 0.1) is 5.92 Å². The van der Waals surface area contributed by atoms with Crippen molar-refractivity contribution in [3.8, 4) is 0 Å². The summed E-state index contributed by atoms with van der Waals surface area (Å²) in [6, 6.07) is 0. The van der Waals surface area contributed by atoms with Gasteiger partial charge in [-0.1, -0.05) is 66.8 Å². The first-order valence-corrected chi connectivity index (χ1v) is 8.29. The Kier molecular flexibility index (Phi) is 3.42. The van der Waals surface area contributed by atoms with E-state index in [4.69, 9.17) is 5.73 Å². The fourth-order valence-corrected chi connectivity index (χ4v) is 3.75. The molecule has 1 atom stereocenters. The third-order valence-electron chi connectivity index (χ3n) is 4.81. The molecule has 0 heterocycles. The highest BCUT2D eigenvalue weighted by molar-refractivity contribution is 5.74. The lowest BCUT2D eigenvalue weighted by Gasteiger charge is -2.28. The van der Waals surface area contributed by atoms with E-state index in [-0.39, 0.29) is 0 Å². The Morgan fingerprint density at radius 3 is 2.83 bits per heavy atom. The van der Waals surface area contributed by atoms with E-state index in [1.165, 1.54) is 33.4 Å². The van der Waals surface area contributed by atoms with Crippen LogP contribution in [0.3, 0.4) is 0 Å². The van der Waals surface area contributed by atoms with E-state index in [1.807, 2.05) is 0 Å². The van der Waals surface area contributed by atoms with E-state index in [1.54, 1.807) is 0 Å². The van der Waals surface area contributed by atoms with E-state index < -0.39 is 0 Å². The summed E-state index contributed by atoms with van der Waals surface area (Å²) in [6.07, 6.45) is 26.2. The second-order valence-corrected chi connectivity index (χ2v) is 6.29. The summed E-state index contributed by atoms with van der Waals surface area (Å²) < 4.78 is 0. The molecule has 4 aliphatic carbocycles. The molecule has 0 aromatic heterocycles. The van der Waals surface area contributed by atoms with Gasteiger partial charge in [0, 0.05) is 17.2 Å². The topological polar surface area (TPSA) is 26.0 Å². The summed E-state index contributed by atoms with van der Waals surface area (Å²) in [7, 11) is 0. The molecule has 0 amide bonds. The van der Waals surface area contributed by atoms with Crippen molar-refractivity contribution in [2.75, 3.05) is 0 Å². The fourth-order valence-electron chi connectivity index (χ4n) is 3.75. The Labute approximate surface area is 138 Å². The SMILES string of the molecule is C\C=C/C1=C2/C/C(=C\C=C/C/C=C\1N)C1=CC3C=CC=C2C1=C3. The maximum absolute atomic E-state index is 6.42. The average Bonchev–Trinajstić information content (AvgIpc) is 2.85. The lowest BCUT2D eigenvalue weighted by atomic mass is 9.76. The van der Waals surface area contributed by atoms with Gasteiger partial charge in [-0.2, -0.15) is 0 Å². The number of nitrogens with two attached hydrogens (primary N) is 1. The average molecular weight is 299 g/mol. The molecular formula is C22H21N. The van der Waals surface area contributed by atoms with Crippen molar-refractivity contribution in [2.24, 2.45) is 11.7 Å². The molecular weight excluding hydrogens is 278 g/mol. The minimum Gasteiger partial charge on any atom is -0.398 e. The molecule has 4 aliphatic rings. The molecule has 23 heavy (non-hydrogen) atoms. The standard InChI is InChI=1S/C22H21N/c1-2-7-18-21-14-16(9-4-3-5-11-22(18)23)19-12-15-8-6-10-17(21)20(19)13-15/h2-4,6-13,15H,5,14,23H2,1H3/b4-3-,7-2-,16-9+,21-18+,22-11+. The van der Waals surface area contributed by atoms with Crippen molar-refractivity contribution in [3.63, 3.8) is 0 Å². The molecule has 1 unspecified atom stereocenters. The van der Waals surface area contributed by atoms with E-state index in [9.17, 15) is 0 Å². The Bertz CT molecular complexity index is 829. The zero-order valence-corrected chi connectivity index (χ0v) is 13.4. The van der Waals surface area contributed by atoms with Crippen molar-refractivity contribution >= 4 is 0 Å². The van der Waals surface area contributed by atoms with Crippen LogP contribution >= 0.6 is 0 Å². The maximum Gasteiger partial charge on any atom is 0.0353 e. The van der Waals surface area contributed by atoms with E-state index in [2.05, 4.69) is 73.8 Å². The third kappa shape index (κ3) is 2.33. The van der Waals surface area contributed by atoms with Gasteiger partial charge in [-0.25, -0.2) is 0 Å². The molecule has 0 spiro atoms. The lowest BCUT2D eigenvalue weighted by Crippen LogP contribution is -2.13. The number of hydrogen-bond donors (Lipinski definition) is 1. The van der Waals surface area contributed by atoms with Crippen LogP contribution in [0.15, 0.2) is 106 Å². The molecule has 2 N–H and O–H groups in total. The molecule has 0 aromatic carbocycles. The number of hydrogen-bond acceptors (Lipinski definition) is 1. The van der Waals surface area contributed by atoms with Crippen molar-refractivity contribution in [2.45, 2.75) is 19.8 Å². The van der Waals surface area contributed by atoms with Crippen LogP contribution in [0.5, 0.6) is 0 Å². The summed E-state index contributed by atoms with van der Waals surface area (Å²) in [5, 5.41) is 0. The molecule has 1 saturated carbocycles. The van der Waals surface area contributed by atoms with Gasteiger partial charge in [0.25, 0.3) is 0 Å². The van der Waals surface area contributed by atoms with Crippen LogP contribution in [-0.4, -0.2) is 0 Å². The minimum absolute atomic E-state index is 0.420. The second-order valence-electron chi connectivity index (χ2n) is 6.29. The third-order valence-corrected chi connectivity index (χ3v) is 4.81. The van der Waals surface area contributed by atoms with E-state index in [0.29, 0.717) is 5.92 Å². The van der Waals surface area contributed by atoms with Crippen LogP contribution in [0.25, 0.3) is 0 Å². The molecule has 0 aromatic rings. The fraction of sp³-hybridized carbons (Fsp3) is 0.182. The molecule has 1 fully saturated rings. The van der Waals surface area contributed by atoms with Gasteiger partial charge in [-0.3, -0.25) is 0 Å². The zero-order valence-electron chi connectivity index (χ0n) is 13.4. The minimum atomic E-state index is 0.420. The highest BCUT2D eigenvalue weighted by atomic mass is 14.6. The van der Waals surface area contributed by atoms with Crippen molar-refractivity contribution in [1.29, 1.82) is 0 Å². The lowest BCUT2D eigenvalue weighted by molar-refractivity contribution is 1.05. The predicted molar refractivity (Wildman–Crippen MR) is 97.4 cm³/mol. The van der Waals surface area contributed by atoms with Crippen molar-refractivity contribution < 1.29 is 0 Å². The molecule has 4 bridgehead atoms. The Hall–Kier alpha value is -2.54. The first-order chi connectivity index (χ1) is 11.3. The molecule has 1 heteroatoms. The largest absolute Gasteiger partial charge is 0.398 e. The van der Waals surface area contributed by atoms with E-state index >= 15 is 0 Å². The Morgan fingerprint density at radius 2 is 1.96 bits per heavy atom. The normalized spacial score (nSPS) is 34.7. The number of allylic oxidation sites excluding steroid dienone is 16. The van der Waals surface area contributed by atoms with Gasteiger partial charge in [-0.15, -0.1) is 0 Å². The monoisotopic (exact) mass is 299 g/mol. The smallest absolute Gasteiger partial charge is 0.0353 e. The van der Waals surface area contributed by atoms with Crippen molar-refractivity contribution in [1.82, 2.24) is 0 Å². The Balaban J connectivity index is 2.02. The summed E-state index contributed by atoms with van der Waals surface area (Å²) in [4.78, 5) is 0.